The van der Waals surface area contributed by atoms with Crippen molar-refractivity contribution < 1.29 is 14.3 Å². The quantitative estimate of drug-likeness (QED) is 0.781. The van der Waals surface area contributed by atoms with Gasteiger partial charge in [0.2, 0.25) is 11.8 Å². The van der Waals surface area contributed by atoms with E-state index in [4.69, 9.17) is 4.74 Å². The van der Waals surface area contributed by atoms with Gasteiger partial charge in [-0.05, 0) is 48.1 Å². The number of likely N-dealkylation sites (tertiary alicyclic amines) is 1. The molecule has 2 amide bonds. The van der Waals surface area contributed by atoms with Crippen LogP contribution in [0.1, 0.15) is 39.2 Å². The highest BCUT2D eigenvalue weighted by Gasteiger charge is 2.44. The first-order valence-electron chi connectivity index (χ1n) is 10.9. The zero-order valence-electron chi connectivity index (χ0n) is 19.3. The number of nitrogens with zero attached hydrogens (tertiary/aromatic N) is 1. The van der Waals surface area contributed by atoms with Crippen molar-refractivity contribution in [3.63, 3.8) is 0 Å². The lowest BCUT2D eigenvalue weighted by Gasteiger charge is -2.43. The van der Waals surface area contributed by atoms with Gasteiger partial charge in [0.15, 0.2) is 0 Å². The van der Waals surface area contributed by atoms with Crippen LogP contribution in [0, 0.1) is 10.8 Å². The summed E-state index contributed by atoms with van der Waals surface area (Å²) in [5.41, 5.74) is 2.29. The van der Waals surface area contributed by atoms with Gasteiger partial charge in [-0.25, -0.2) is 0 Å². The monoisotopic (exact) mass is 422 g/mol. The summed E-state index contributed by atoms with van der Waals surface area (Å²) in [4.78, 5) is 27.8. The van der Waals surface area contributed by atoms with Crippen molar-refractivity contribution in [2.75, 3.05) is 27.2 Å². The lowest BCUT2D eigenvalue weighted by Crippen LogP contribution is -2.55. The van der Waals surface area contributed by atoms with Gasteiger partial charge in [-0.1, -0.05) is 57.2 Å². The zero-order chi connectivity index (χ0) is 22.6. The highest BCUT2D eigenvalue weighted by atomic mass is 16.5. The molecular weight excluding hydrogens is 388 g/mol. The fourth-order valence-electron chi connectivity index (χ4n) is 4.44. The Balaban J connectivity index is 1.82. The van der Waals surface area contributed by atoms with E-state index in [0.717, 1.165) is 35.3 Å². The van der Waals surface area contributed by atoms with Crippen molar-refractivity contribution >= 4 is 11.8 Å². The van der Waals surface area contributed by atoms with E-state index in [1.165, 1.54) is 0 Å². The van der Waals surface area contributed by atoms with E-state index in [9.17, 15) is 9.59 Å². The average Bonchev–Trinajstić information content (AvgIpc) is 2.78. The van der Waals surface area contributed by atoms with Crippen molar-refractivity contribution in [3.8, 4) is 16.9 Å². The molecule has 0 aromatic heterocycles. The maximum atomic E-state index is 13.0. The van der Waals surface area contributed by atoms with E-state index in [-0.39, 0.29) is 11.8 Å². The molecule has 1 atom stereocenters. The van der Waals surface area contributed by atoms with Crippen LogP contribution in [0.15, 0.2) is 48.5 Å². The van der Waals surface area contributed by atoms with Crippen molar-refractivity contribution in [3.05, 3.63) is 54.1 Å². The molecular formula is C26H34N2O3. The number of piperidine rings is 1. The minimum Gasteiger partial charge on any atom is -0.497 e. The first-order valence-corrected chi connectivity index (χ1v) is 10.9. The van der Waals surface area contributed by atoms with E-state index < -0.39 is 10.8 Å². The molecule has 1 aliphatic heterocycles. The summed E-state index contributed by atoms with van der Waals surface area (Å²) in [5, 5.41) is 2.85. The summed E-state index contributed by atoms with van der Waals surface area (Å²) in [6.45, 7) is 6.98. The van der Waals surface area contributed by atoms with Gasteiger partial charge in [-0.15, -0.1) is 0 Å². The van der Waals surface area contributed by atoms with Gasteiger partial charge in [-0.3, -0.25) is 9.59 Å². The molecule has 166 valence electrons. The van der Waals surface area contributed by atoms with E-state index in [2.05, 4.69) is 29.6 Å². The highest BCUT2D eigenvalue weighted by Crippen LogP contribution is 2.36. The van der Waals surface area contributed by atoms with Crippen LogP contribution in [-0.2, 0) is 16.0 Å². The molecule has 2 aromatic carbocycles. The lowest BCUT2D eigenvalue weighted by atomic mass is 9.73. The van der Waals surface area contributed by atoms with E-state index in [1.54, 1.807) is 14.2 Å². The molecule has 1 fully saturated rings. The molecule has 1 heterocycles. The fraction of sp³-hybridized carbons (Fsp3) is 0.462. The Hall–Kier alpha value is -2.82. The van der Waals surface area contributed by atoms with Crippen molar-refractivity contribution in [2.45, 2.75) is 40.0 Å². The van der Waals surface area contributed by atoms with Crippen molar-refractivity contribution in [1.82, 2.24) is 10.2 Å². The Kier molecular flexibility index (Phi) is 6.73. The molecule has 2 aromatic rings. The lowest BCUT2D eigenvalue weighted by molar-refractivity contribution is -0.147. The van der Waals surface area contributed by atoms with Gasteiger partial charge >= 0.3 is 0 Å². The third-order valence-electron chi connectivity index (χ3n) is 6.13. The first-order chi connectivity index (χ1) is 14.7. The summed E-state index contributed by atoms with van der Waals surface area (Å²) in [6, 6.07) is 16.3. The summed E-state index contributed by atoms with van der Waals surface area (Å²) < 4.78 is 5.23. The fourth-order valence-corrected chi connectivity index (χ4v) is 4.44. The van der Waals surface area contributed by atoms with Crippen LogP contribution in [0.25, 0.3) is 11.1 Å². The van der Waals surface area contributed by atoms with Crippen LogP contribution in [0.2, 0.25) is 0 Å². The maximum absolute atomic E-state index is 13.0. The van der Waals surface area contributed by atoms with Crippen LogP contribution in [0.4, 0.5) is 0 Å². The number of benzene rings is 2. The molecule has 0 spiro atoms. The Labute approximate surface area is 185 Å². The third-order valence-corrected chi connectivity index (χ3v) is 6.13. The molecule has 5 heteroatoms. The van der Waals surface area contributed by atoms with Crippen LogP contribution in [0.3, 0.4) is 0 Å². The van der Waals surface area contributed by atoms with E-state index in [1.807, 2.05) is 49.9 Å². The van der Waals surface area contributed by atoms with E-state index >= 15 is 0 Å². The van der Waals surface area contributed by atoms with Crippen molar-refractivity contribution in [1.29, 1.82) is 0 Å². The van der Waals surface area contributed by atoms with Gasteiger partial charge in [0.05, 0.1) is 12.5 Å². The molecule has 31 heavy (non-hydrogen) atoms. The minimum absolute atomic E-state index is 0.0122. The Bertz CT molecular complexity index is 913. The SMILES string of the molecule is CNC(=O)C1(Cc2ccc(-c3ccc(OC)cc3)cc2)CCCN(C(=O)C(C)(C)C)C1. The van der Waals surface area contributed by atoms with Crippen molar-refractivity contribution in [2.24, 2.45) is 10.8 Å². The standard InChI is InChI=1S/C26H34N2O3/c1-25(2,3)24(30)28-16-6-15-26(18-28,23(29)27-4)17-19-7-9-20(10-8-19)21-11-13-22(31-5)14-12-21/h7-14H,6,15-18H2,1-5H3,(H,27,29). The van der Waals surface area contributed by atoms with Gasteiger partial charge < -0.3 is 15.0 Å². The van der Waals surface area contributed by atoms with Crippen LogP contribution in [0.5, 0.6) is 5.75 Å². The molecule has 0 bridgehead atoms. The second-order valence-electron chi connectivity index (χ2n) is 9.54. The molecule has 1 saturated heterocycles. The van der Waals surface area contributed by atoms with Crippen LogP contribution < -0.4 is 10.1 Å². The number of nitrogens with one attached hydrogen (secondary N) is 1. The average molecular weight is 423 g/mol. The predicted octanol–water partition coefficient (Wildman–Crippen LogP) is 4.31. The second kappa shape index (κ2) is 9.13. The summed E-state index contributed by atoms with van der Waals surface area (Å²) >= 11 is 0. The molecule has 1 aliphatic rings. The molecule has 1 N–H and O–H groups in total. The number of methoxy groups -OCH3 is 1. The molecule has 1 unspecified atom stereocenters. The topological polar surface area (TPSA) is 58.6 Å². The first kappa shape index (κ1) is 22.9. The number of hydrogen-bond donors (Lipinski definition) is 1. The molecule has 3 rings (SSSR count). The normalized spacial score (nSPS) is 19.1. The van der Waals surface area contributed by atoms with Gasteiger partial charge in [0, 0.05) is 25.6 Å². The second-order valence-corrected chi connectivity index (χ2v) is 9.54. The maximum Gasteiger partial charge on any atom is 0.228 e. The summed E-state index contributed by atoms with van der Waals surface area (Å²) in [7, 11) is 3.34. The van der Waals surface area contributed by atoms with Gasteiger partial charge in [0.1, 0.15) is 5.75 Å². The highest BCUT2D eigenvalue weighted by molar-refractivity contribution is 5.86. The number of carbonyl (C=O) groups excluding carboxylic acids is 2. The summed E-state index contributed by atoms with van der Waals surface area (Å²) in [5.74, 6) is 0.952. The number of rotatable bonds is 5. The largest absolute Gasteiger partial charge is 0.497 e. The van der Waals surface area contributed by atoms with E-state index in [0.29, 0.717) is 19.5 Å². The smallest absolute Gasteiger partial charge is 0.228 e. The number of amides is 2. The Morgan fingerprint density at radius 2 is 1.61 bits per heavy atom. The Morgan fingerprint density at radius 1 is 1.03 bits per heavy atom. The number of ether oxygens (including phenoxy) is 1. The predicted molar refractivity (Wildman–Crippen MR) is 124 cm³/mol. The van der Waals surface area contributed by atoms with Gasteiger partial charge in [0.25, 0.3) is 0 Å². The molecule has 0 aliphatic carbocycles. The van der Waals surface area contributed by atoms with Crippen LogP contribution in [-0.4, -0.2) is 44.0 Å². The zero-order valence-corrected chi connectivity index (χ0v) is 19.3. The Morgan fingerprint density at radius 3 is 2.13 bits per heavy atom. The number of hydrogen-bond acceptors (Lipinski definition) is 3. The number of carbonyl (C=O) groups is 2. The van der Waals surface area contributed by atoms with Crippen LogP contribution >= 0.6 is 0 Å². The summed E-state index contributed by atoms with van der Waals surface area (Å²) in [6.07, 6.45) is 2.23. The molecule has 0 radical (unpaired) electrons. The molecule has 5 nitrogen and oxygen atoms in total. The minimum atomic E-state index is -0.602. The molecule has 0 saturated carbocycles. The van der Waals surface area contributed by atoms with Gasteiger partial charge in [-0.2, -0.15) is 0 Å². The third kappa shape index (κ3) is 5.09.